The number of methoxy groups -OCH3 is 1. The molecule has 1 aromatic heterocycles. The summed E-state index contributed by atoms with van der Waals surface area (Å²) in [7, 11) is 1.59. The third-order valence-corrected chi connectivity index (χ3v) is 5.67. The molecule has 4 rings (SSSR count). The Labute approximate surface area is 210 Å². The summed E-state index contributed by atoms with van der Waals surface area (Å²) >= 11 is 0. The van der Waals surface area contributed by atoms with Gasteiger partial charge >= 0.3 is 0 Å². The van der Waals surface area contributed by atoms with Gasteiger partial charge in [-0.25, -0.2) is 0 Å². The average Bonchev–Trinajstić information content (AvgIpc) is 2.91. The number of benzene rings is 3. The maximum Gasteiger partial charge on any atom is 0.196 e. The summed E-state index contributed by atoms with van der Waals surface area (Å²) in [5.74, 6) is 2.08. The van der Waals surface area contributed by atoms with Crippen LogP contribution in [0.3, 0.4) is 0 Å². The number of hydrogen-bond acceptors (Lipinski definition) is 7. The third kappa shape index (κ3) is 6.00. The van der Waals surface area contributed by atoms with Crippen LogP contribution in [0.15, 0.2) is 72.9 Å². The molecule has 7 nitrogen and oxygen atoms in total. The summed E-state index contributed by atoms with van der Waals surface area (Å²) < 4.78 is 17.8. The van der Waals surface area contributed by atoms with Crippen molar-refractivity contribution in [1.29, 1.82) is 0 Å². The minimum atomic E-state index is -0.102. The summed E-state index contributed by atoms with van der Waals surface area (Å²) in [4.78, 5) is 17.7. The van der Waals surface area contributed by atoms with Crippen molar-refractivity contribution in [3.8, 4) is 23.0 Å². The van der Waals surface area contributed by atoms with E-state index in [1.165, 1.54) is 0 Å². The van der Waals surface area contributed by atoms with Crippen LogP contribution in [0.25, 0.3) is 10.9 Å². The number of ketones is 1. The molecule has 0 saturated heterocycles. The molecule has 4 aromatic rings. The number of aromatic nitrogens is 1. The number of aryl methyl sites for hydroxylation is 1. The first-order valence-electron chi connectivity index (χ1n) is 11.9. The fraction of sp³-hybridized carbons (Fsp3) is 0.241. The van der Waals surface area contributed by atoms with E-state index in [0.717, 1.165) is 23.9 Å². The van der Waals surface area contributed by atoms with Gasteiger partial charge in [0, 0.05) is 29.8 Å². The third-order valence-electron chi connectivity index (χ3n) is 5.67. The fourth-order valence-corrected chi connectivity index (χ4v) is 3.85. The van der Waals surface area contributed by atoms with Crippen molar-refractivity contribution in [2.24, 2.45) is 0 Å². The smallest absolute Gasteiger partial charge is 0.196 e. The first kappa shape index (κ1) is 25.2. The van der Waals surface area contributed by atoms with Gasteiger partial charge in [0.2, 0.25) is 0 Å². The summed E-state index contributed by atoms with van der Waals surface area (Å²) in [6.45, 7) is 3.85. The second-order valence-corrected chi connectivity index (χ2v) is 8.30. The van der Waals surface area contributed by atoms with Gasteiger partial charge in [-0.3, -0.25) is 9.78 Å². The number of nitrogens with one attached hydrogen (secondary N) is 1. The van der Waals surface area contributed by atoms with Crippen molar-refractivity contribution >= 4 is 16.7 Å². The molecule has 0 atom stereocenters. The molecule has 36 heavy (non-hydrogen) atoms. The highest BCUT2D eigenvalue weighted by molar-refractivity contribution is 6.11. The molecule has 0 amide bonds. The van der Waals surface area contributed by atoms with Crippen molar-refractivity contribution < 1.29 is 24.1 Å². The van der Waals surface area contributed by atoms with Crippen LogP contribution in [0.5, 0.6) is 23.0 Å². The molecule has 3 aromatic carbocycles. The van der Waals surface area contributed by atoms with Gasteiger partial charge in [0.25, 0.3) is 0 Å². The highest BCUT2D eigenvalue weighted by Crippen LogP contribution is 2.38. The van der Waals surface area contributed by atoms with Crippen LogP contribution < -0.4 is 19.5 Å². The van der Waals surface area contributed by atoms with Crippen LogP contribution in [0.4, 0.5) is 0 Å². The van der Waals surface area contributed by atoms with Crippen molar-refractivity contribution in [3.63, 3.8) is 0 Å². The molecule has 0 aliphatic heterocycles. The van der Waals surface area contributed by atoms with Crippen LogP contribution in [0, 0.1) is 6.92 Å². The van der Waals surface area contributed by atoms with Gasteiger partial charge in [0.15, 0.2) is 17.3 Å². The zero-order chi connectivity index (χ0) is 25.3. The molecular formula is C29H30N2O5. The first-order chi connectivity index (χ1) is 17.6. The van der Waals surface area contributed by atoms with Gasteiger partial charge in [0.05, 0.1) is 31.4 Å². The Morgan fingerprint density at radius 2 is 1.78 bits per heavy atom. The summed E-state index contributed by atoms with van der Waals surface area (Å²) in [5.41, 5.74) is 2.75. The maximum absolute atomic E-state index is 13.3. The van der Waals surface area contributed by atoms with Crippen LogP contribution >= 0.6 is 0 Å². The Bertz CT molecular complexity index is 1320. The van der Waals surface area contributed by atoms with Gasteiger partial charge < -0.3 is 24.6 Å². The molecule has 0 bridgehead atoms. The first-order valence-corrected chi connectivity index (χ1v) is 11.9. The standard InChI is InChI=1S/C29H30N2O5/c1-20-9-10-25(23(17-20)29(33)21-7-4-3-5-8-21)36-26-11-13-31-24-19-28(27(34-2)18-22(24)26)35-16-6-12-30-14-15-32/h3-5,7-11,13,17-19,30,32H,6,12,14-16H2,1-2H3. The molecule has 0 saturated carbocycles. The SMILES string of the molecule is COc1cc2c(Oc3ccc(C)cc3C(=O)c3ccccc3)ccnc2cc1OCCCNCCO. The van der Waals surface area contributed by atoms with Crippen LogP contribution in [-0.4, -0.2) is 49.3 Å². The Morgan fingerprint density at radius 3 is 2.56 bits per heavy atom. The van der Waals surface area contributed by atoms with E-state index >= 15 is 0 Å². The van der Waals surface area contributed by atoms with Gasteiger partial charge in [-0.05, 0) is 44.2 Å². The zero-order valence-electron chi connectivity index (χ0n) is 20.5. The molecule has 0 unspecified atom stereocenters. The molecule has 0 spiro atoms. The highest BCUT2D eigenvalue weighted by atomic mass is 16.5. The molecule has 186 valence electrons. The van der Waals surface area contributed by atoms with E-state index in [4.69, 9.17) is 19.3 Å². The Kier molecular flexibility index (Phi) is 8.49. The number of carbonyl (C=O) groups is 1. The van der Waals surface area contributed by atoms with E-state index in [2.05, 4.69) is 10.3 Å². The molecular weight excluding hydrogens is 456 g/mol. The number of ether oxygens (including phenoxy) is 3. The lowest BCUT2D eigenvalue weighted by Crippen LogP contribution is -2.20. The number of fused-ring (bicyclic) bond motifs is 1. The van der Waals surface area contributed by atoms with Crippen molar-refractivity contribution in [3.05, 3.63) is 89.6 Å². The van der Waals surface area contributed by atoms with Crippen molar-refractivity contribution in [1.82, 2.24) is 10.3 Å². The minimum Gasteiger partial charge on any atom is -0.493 e. The molecule has 0 fully saturated rings. The van der Waals surface area contributed by atoms with E-state index in [1.807, 2.05) is 55.5 Å². The van der Waals surface area contributed by atoms with Crippen molar-refractivity contribution in [2.45, 2.75) is 13.3 Å². The Morgan fingerprint density at radius 1 is 0.944 bits per heavy atom. The van der Waals surface area contributed by atoms with Gasteiger partial charge in [-0.1, -0.05) is 42.0 Å². The van der Waals surface area contributed by atoms with Gasteiger partial charge in [-0.15, -0.1) is 0 Å². The predicted octanol–water partition coefficient (Wildman–Crippen LogP) is 4.93. The normalized spacial score (nSPS) is 10.9. The Hall–Kier alpha value is -3.94. The van der Waals surface area contributed by atoms with Gasteiger partial charge in [0.1, 0.15) is 11.5 Å². The number of carbonyl (C=O) groups excluding carboxylic acids is 1. The number of aliphatic hydroxyl groups is 1. The number of rotatable bonds is 12. The largest absolute Gasteiger partial charge is 0.493 e. The van der Waals surface area contributed by atoms with E-state index in [0.29, 0.717) is 52.8 Å². The van der Waals surface area contributed by atoms with Crippen LogP contribution in [0.2, 0.25) is 0 Å². The summed E-state index contributed by atoms with van der Waals surface area (Å²) in [6, 6.07) is 20.2. The highest BCUT2D eigenvalue weighted by Gasteiger charge is 2.18. The minimum absolute atomic E-state index is 0.102. The molecule has 0 aliphatic rings. The molecule has 1 heterocycles. The molecule has 0 radical (unpaired) electrons. The van der Waals surface area contributed by atoms with E-state index in [9.17, 15) is 4.79 Å². The number of hydrogen-bond donors (Lipinski definition) is 2. The van der Waals surface area contributed by atoms with Crippen LogP contribution in [0.1, 0.15) is 27.9 Å². The predicted molar refractivity (Wildman–Crippen MR) is 139 cm³/mol. The monoisotopic (exact) mass is 486 g/mol. The summed E-state index contributed by atoms with van der Waals surface area (Å²) in [5, 5.41) is 12.7. The van der Waals surface area contributed by atoms with E-state index in [-0.39, 0.29) is 12.4 Å². The Balaban J connectivity index is 1.61. The second-order valence-electron chi connectivity index (χ2n) is 8.30. The maximum atomic E-state index is 13.3. The van der Waals surface area contributed by atoms with E-state index < -0.39 is 0 Å². The fourth-order valence-electron chi connectivity index (χ4n) is 3.85. The number of aliphatic hydroxyl groups excluding tert-OH is 1. The topological polar surface area (TPSA) is 89.9 Å². The second kappa shape index (κ2) is 12.2. The average molecular weight is 487 g/mol. The quantitative estimate of drug-likeness (QED) is 0.217. The lowest BCUT2D eigenvalue weighted by molar-refractivity contribution is 0.103. The van der Waals surface area contributed by atoms with Gasteiger partial charge in [-0.2, -0.15) is 0 Å². The molecule has 0 aliphatic carbocycles. The lowest BCUT2D eigenvalue weighted by Gasteiger charge is -2.15. The van der Waals surface area contributed by atoms with E-state index in [1.54, 1.807) is 31.5 Å². The lowest BCUT2D eigenvalue weighted by atomic mass is 10.0. The van der Waals surface area contributed by atoms with Crippen molar-refractivity contribution in [2.75, 3.05) is 33.4 Å². The number of pyridine rings is 1. The molecule has 2 N–H and O–H groups in total. The summed E-state index contributed by atoms with van der Waals surface area (Å²) in [6.07, 6.45) is 2.45. The number of nitrogens with zero attached hydrogens (tertiary/aromatic N) is 1. The zero-order valence-corrected chi connectivity index (χ0v) is 20.5. The molecule has 7 heteroatoms. The van der Waals surface area contributed by atoms with Crippen LogP contribution in [-0.2, 0) is 0 Å².